The summed E-state index contributed by atoms with van der Waals surface area (Å²) in [6.45, 7) is 2.40. The quantitative estimate of drug-likeness (QED) is 0.560. The van der Waals surface area contributed by atoms with Crippen molar-refractivity contribution in [2.24, 2.45) is 0 Å². The number of ether oxygens (including phenoxy) is 1. The van der Waals surface area contributed by atoms with Crippen molar-refractivity contribution in [3.63, 3.8) is 0 Å². The smallest absolute Gasteiger partial charge is 0.237 e. The van der Waals surface area contributed by atoms with E-state index >= 15 is 0 Å². The standard InChI is InChI=1S/C21H28N4O3/c1-3-10-22-20(26)9-6-17-13-24-21(27)19-11-16(14-25(17)19)23-12-15-4-7-18(28-2)8-5-15/h1,4-5,7-8,16-17,19,23H,6,9-14H2,2H3,(H,22,26)(H,24,27). The van der Waals surface area contributed by atoms with E-state index in [9.17, 15) is 9.59 Å². The van der Waals surface area contributed by atoms with Gasteiger partial charge in [-0.2, -0.15) is 0 Å². The number of carbonyl (C=O) groups excluding carboxylic acids is 2. The van der Waals surface area contributed by atoms with E-state index in [1.165, 1.54) is 5.56 Å². The molecule has 0 spiro atoms. The van der Waals surface area contributed by atoms with Crippen LogP contribution in [-0.4, -0.2) is 61.6 Å². The van der Waals surface area contributed by atoms with Crippen molar-refractivity contribution in [3.8, 4) is 18.1 Å². The minimum atomic E-state index is -0.124. The molecule has 3 unspecified atom stereocenters. The molecule has 2 aliphatic rings. The zero-order chi connectivity index (χ0) is 19.9. The van der Waals surface area contributed by atoms with Crippen molar-refractivity contribution in [1.82, 2.24) is 20.9 Å². The molecule has 0 aromatic heterocycles. The highest BCUT2D eigenvalue weighted by atomic mass is 16.5. The predicted molar refractivity (Wildman–Crippen MR) is 107 cm³/mol. The van der Waals surface area contributed by atoms with Crippen molar-refractivity contribution in [3.05, 3.63) is 29.8 Å². The summed E-state index contributed by atoms with van der Waals surface area (Å²) in [5.74, 6) is 3.29. The van der Waals surface area contributed by atoms with Gasteiger partial charge in [0.05, 0.1) is 19.7 Å². The molecule has 0 radical (unpaired) electrons. The second-order valence-corrected chi connectivity index (χ2v) is 7.29. The number of fused-ring (bicyclic) bond motifs is 1. The maximum Gasteiger partial charge on any atom is 0.237 e. The lowest BCUT2D eigenvalue weighted by atomic mass is 10.0. The number of terminal acetylenes is 1. The van der Waals surface area contributed by atoms with Crippen molar-refractivity contribution >= 4 is 11.8 Å². The number of hydrogen-bond acceptors (Lipinski definition) is 5. The van der Waals surface area contributed by atoms with Gasteiger partial charge in [0.2, 0.25) is 11.8 Å². The van der Waals surface area contributed by atoms with Crippen LogP contribution in [0.4, 0.5) is 0 Å². The fraction of sp³-hybridized carbons (Fsp3) is 0.524. The van der Waals surface area contributed by atoms with Crippen LogP contribution >= 0.6 is 0 Å². The minimum Gasteiger partial charge on any atom is -0.497 e. The molecule has 1 aromatic rings. The Morgan fingerprint density at radius 3 is 2.89 bits per heavy atom. The fourth-order valence-corrected chi connectivity index (χ4v) is 3.93. The first-order valence-corrected chi connectivity index (χ1v) is 9.70. The number of benzene rings is 1. The Labute approximate surface area is 166 Å². The molecule has 7 nitrogen and oxygen atoms in total. The second-order valence-electron chi connectivity index (χ2n) is 7.29. The van der Waals surface area contributed by atoms with E-state index < -0.39 is 0 Å². The van der Waals surface area contributed by atoms with Crippen LogP contribution in [0.2, 0.25) is 0 Å². The van der Waals surface area contributed by atoms with Crippen molar-refractivity contribution < 1.29 is 14.3 Å². The SMILES string of the molecule is C#CCNC(=O)CCC1CNC(=O)C2CC(NCc3ccc(OC)cc3)CN12. The Morgan fingerprint density at radius 2 is 2.18 bits per heavy atom. The Morgan fingerprint density at radius 1 is 1.39 bits per heavy atom. The van der Waals surface area contributed by atoms with Crippen LogP contribution in [0.1, 0.15) is 24.8 Å². The van der Waals surface area contributed by atoms with Crippen LogP contribution < -0.4 is 20.7 Å². The highest BCUT2D eigenvalue weighted by Gasteiger charge is 2.43. The molecule has 2 amide bonds. The first-order valence-electron chi connectivity index (χ1n) is 9.70. The molecule has 2 fully saturated rings. The van der Waals surface area contributed by atoms with E-state index in [1.54, 1.807) is 7.11 Å². The molecule has 0 bridgehead atoms. The fourth-order valence-electron chi connectivity index (χ4n) is 3.93. The zero-order valence-corrected chi connectivity index (χ0v) is 16.2. The number of rotatable bonds is 8. The number of nitrogens with one attached hydrogen (secondary N) is 3. The van der Waals surface area contributed by atoms with Gasteiger partial charge in [-0.15, -0.1) is 6.42 Å². The largest absolute Gasteiger partial charge is 0.497 e. The Hall–Kier alpha value is -2.56. The molecule has 0 aliphatic carbocycles. The van der Waals surface area contributed by atoms with Crippen LogP contribution in [0.15, 0.2) is 24.3 Å². The molecule has 2 saturated heterocycles. The van der Waals surface area contributed by atoms with Gasteiger partial charge in [-0.05, 0) is 30.5 Å². The maximum absolute atomic E-state index is 12.3. The highest BCUT2D eigenvalue weighted by Crippen LogP contribution is 2.26. The van der Waals surface area contributed by atoms with Gasteiger partial charge < -0.3 is 20.7 Å². The third-order valence-corrected chi connectivity index (χ3v) is 5.47. The topological polar surface area (TPSA) is 82.7 Å². The van der Waals surface area contributed by atoms with E-state index in [1.807, 2.05) is 24.3 Å². The van der Waals surface area contributed by atoms with Crippen LogP contribution in [0, 0.1) is 12.3 Å². The summed E-state index contributed by atoms with van der Waals surface area (Å²) in [5.41, 5.74) is 1.18. The Balaban J connectivity index is 1.51. The number of amides is 2. The third-order valence-electron chi connectivity index (χ3n) is 5.47. The number of methoxy groups -OCH3 is 1. The van der Waals surface area contributed by atoms with Gasteiger partial charge >= 0.3 is 0 Å². The lowest BCUT2D eigenvalue weighted by Crippen LogP contribution is -2.58. The lowest BCUT2D eigenvalue weighted by molar-refractivity contribution is -0.129. The third kappa shape index (κ3) is 5.03. The van der Waals surface area contributed by atoms with Gasteiger partial charge in [0.15, 0.2) is 0 Å². The molecule has 0 saturated carbocycles. The summed E-state index contributed by atoms with van der Waals surface area (Å²) in [4.78, 5) is 26.4. The molecular weight excluding hydrogens is 356 g/mol. The zero-order valence-electron chi connectivity index (χ0n) is 16.2. The molecule has 3 N–H and O–H groups in total. The molecular formula is C21H28N4O3. The number of hydrogen-bond donors (Lipinski definition) is 3. The van der Waals surface area contributed by atoms with Crippen molar-refractivity contribution in [2.45, 2.75) is 43.9 Å². The van der Waals surface area contributed by atoms with Crippen LogP contribution in [-0.2, 0) is 16.1 Å². The summed E-state index contributed by atoms with van der Waals surface area (Å²) in [6, 6.07) is 8.27. The molecule has 7 heteroatoms. The summed E-state index contributed by atoms with van der Waals surface area (Å²) in [5, 5.41) is 9.25. The van der Waals surface area contributed by atoms with E-state index in [2.05, 4.69) is 26.8 Å². The molecule has 2 heterocycles. The maximum atomic E-state index is 12.3. The van der Waals surface area contributed by atoms with E-state index in [0.717, 1.165) is 25.3 Å². The number of piperazine rings is 1. The number of nitrogens with zero attached hydrogens (tertiary/aromatic N) is 1. The summed E-state index contributed by atoms with van der Waals surface area (Å²) in [6.07, 6.45) is 7.07. The van der Waals surface area contributed by atoms with Gasteiger partial charge in [0, 0.05) is 38.1 Å². The van der Waals surface area contributed by atoms with Gasteiger partial charge in [0.1, 0.15) is 5.75 Å². The monoisotopic (exact) mass is 384 g/mol. The van der Waals surface area contributed by atoms with E-state index in [-0.39, 0.29) is 36.5 Å². The lowest BCUT2D eigenvalue weighted by Gasteiger charge is -2.37. The predicted octanol–water partition coefficient (Wildman–Crippen LogP) is 0.256. The molecule has 3 atom stereocenters. The average Bonchev–Trinajstić information content (AvgIpc) is 3.16. The molecule has 2 aliphatic heterocycles. The normalized spacial score (nSPS) is 24.1. The van der Waals surface area contributed by atoms with Crippen molar-refractivity contribution in [2.75, 3.05) is 26.7 Å². The van der Waals surface area contributed by atoms with Gasteiger partial charge in [-0.25, -0.2) is 0 Å². The van der Waals surface area contributed by atoms with E-state index in [0.29, 0.717) is 19.4 Å². The highest BCUT2D eigenvalue weighted by molar-refractivity contribution is 5.83. The van der Waals surface area contributed by atoms with Crippen LogP contribution in [0.5, 0.6) is 5.75 Å². The summed E-state index contributed by atoms with van der Waals surface area (Å²) >= 11 is 0. The number of carbonyl (C=O) groups is 2. The minimum absolute atomic E-state index is 0.0419. The first-order chi connectivity index (χ1) is 13.6. The van der Waals surface area contributed by atoms with Gasteiger partial charge in [-0.3, -0.25) is 14.5 Å². The molecule has 1 aromatic carbocycles. The van der Waals surface area contributed by atoms with Crippen molar-refractivity contribution in [1.29, 1.82) is 0 Å². The van der Waals surface area contributed by atoms with Crippen LogP contribution in [0.25, 0.3) is 0 Å². The molecule has 28 heavy (non-hydrogen) atoms. The Bertz CT molecular complexity index is 728. The van der Waals surface area contributed by atoms with Gasteiger partial charge in [-0.1, -0.05) is 18.1 Å². The summed E-state index contributed by atoms with van der Waals surface area (Å²) < 4.78 is 5.19. The molecule has 150 valence electrons. The van der Waals surface area contributed by atoms with E-state index in [4.69, 9.17) is 11.2 Å². The average molecular weight is 384 g/mol. The van der Waals surface area contributed by atoms with Gasteiger partial charge in [0.25, 0.3) is 0 Å². The molecule has 3 rings (SSSR count). The Kier molecular flexibility index (Phi) is 6.90. The second kappa shape index (κ2) is 9.58. The first kappa shape index (κ1) is 20.2. The summed E-state index contributed by atoms with van der Waals surface area (Å²) in [7, 11) is 1.65. The van der Waals surface area contributed by atoms with Crippen LogP contribution in [0.3, 0.4) is 0 Å².